The molecule has 3 rings (SSSR count). The molecule has 1 aliphatic carbocycles. The number of carbonyl (C=O) groups is 3. The Morgan fingerprint density at radius 1 is 1.50 bits per heavy atom. The molecule has 0 spiro atoms. The van der Waals surface area contributed by atoms with Gasteiger partial charge in [0.25, 0.3) is 0 Å². The number of ether oxygens (including phenoxy) is 1. The van der Waals surface area contributed by atoms with Crippen LogP contribution < -0.4 is 5.32 Å². The molecule has 2 heterocycles. The topological polar surface area (TPSA) is 114 Å². The van der Waals surface area contributed by atoms with E-state index in [-0.39, 0.29) is 25.0 Å². The third kappa shape index (κ3) is 2.81. The number of nitrogens with one attached hydrogen (secondary N) is 1. The molecular weight excluding hydrogens is 316 g/mol. The second kappa shape index (κ2) is 6.14. The average Bonchev–Trinajstić information content (AvgIpc) is 3.20. The second-order valence-corrected chi connectivity index (χ2v) is 6.34. The van der Waals surface area contributed by atoms with Gasteiger partial charge >= 0.3 is 18.0 Å². The number of hydrogen-bond acceptors (Lipinski definition) is 5. The van der Waals surface area contributed by atoms with Gasteiger partial charge in [-0.3, -0.25) is 19.6 Å². The summed E-state index contributed by atoms with van der Waals surface area (Å²) in [7, 11) is 1.29. The van der Waals surface area contributed by atoms with Crippen LogP contribution in [0.1, 0.15) is 19.3 Å². The van der Waals surface area contributed by atoms with E-state index in [1.54, 1.807) is 12.3 Å². The number of rotatable bonds is 4. The SMILES string of the molecule is COC(=O)Cn1ccc(NC(=O)N2C[C@@H]3CCC[C@@]3(C(=O)O)C2)n1. The average molecular weight is 336 g/mol. The highest BCUT2D eigenvalue weighted by Crippen LogP contribution is 2.48. The van der Waals surface area contributed by atoms with E-state index >= 15 is 0 Å². The molecule has 9 heteroatoms. The molecule has 0 radical (unpaired) electrons. The van der Waals surface area contributed by atoms with E-state index < -0.39 is 17.4 Å². The zero-order valence-electron chi connectivity index (χ0n) is 13.4. The number of hydrogen-bond donors (Lipinski definition) is 2. The van der Waals surface area contributed by atoms with Crippen molar-refractivity contribution >= 4 is 23.8 Å². The van der Waals surface area contributed by atoms with Crippen LogP contribution in [0.5, 0.6) is 0 Å². The number of esters is 1. The van der Waals surface area contributed by atoms with Crippen molar-refractivity contribution in [2.24, 2.45) is 11.3 Å². The van der Waals surface area contributed by atoms with Gasteiger partial charge in [-0.25, -0.2) is 4.79 Å². The zero-order valence-corrected chi connectivity index (χ0v) is 13.4. The van der Waals surface area contributed by atoms with Gasteiger partial charge in [-0.2, -0.15) is 5.10 Å². The van der Waals surface area contributed by atoms with E-state index in [0.717, 1.165) is 12.8 Å². The monoisotopic (exact) mass is 336 g/mol. The molecule has 1 saturated heterocycles. The third-order valence-corrected chi connectivity index (χ3v) is 4.98. The summed E-state index contributed by atoms with van der Waals surface area (Å²) in [6.45, 7) is 0.628. The van der Waals surface area contributed by atoms with Gasteiger partial charge in [-0.15, -0.1) is 0 Å². The number of likely N-dealkylation sites (tertiary alicyclic amines) is 1. The minimum atomic E-state index is -0.817. The molecule has 2 amide bonds. The normalized spacial score (nSPS) is 25.4. The molecule has 1 aromatic heterocycles. The molecule has 0 bridgehead atoms. The maximum Gasteiger partial charge on any atom is 0.327 e. The summed E-state index contributed by atoms with van der Waals surface area (Å²) in [5, 5.41) is 16.3. The number of anilines is 1. The summed E-state index contributed by atoms with van der Waals surface area (Å²) < 4.78 is 5.91. The summed E-state index contributed by atoms with van der Waals surface area (Å²) in [5.41, 5.74) is -0.804. The fraction of sp³-hybridized carbons (Fsp3) is 0.600. The molecule has 1 aliphatic heterocycles. The number of amides is 2. The smallest absolute Gasteiger partial charge is 0.327 e. The molecule has 1 aromatic rings. The molecule has 24 heavy (non-hydrogen) atoms. The van der Waals surface area contributed by atoms with Crippen LogP contribution in [-0.4, -0.2) is 58.0 Å². The Bertz CT molecular complexity index is 673. The minimum Gasteiger partial charge on any atom is -0.481 e. The van der Waals surface area contributed by atoms with Crippen LogP contribution in [-0.2, 0) is 20.9 Å². The van der Waals surface area contributed by atoms with Crippen molar-refractivity contribution in [3.63, 3.8) is 0 Å². The van der Waals surface area contributed by atoms with E-state index in [2.05, 4.69) is 15.2 Å². The second-order valence-electron chi connectivity index (χ2n) is 6.34. The lowest BCUT2D eigenvalue weighted by Crippen LogP contribution is -2.38. The van der Waals surface area contributed by atoms with Crippen LogP contribution in [0, 0.1) is 11.3 Å². The molecule has 130 valence electrons. The highest BCUT2D eigenvalue weighted by molar-refractivity contribution is 5.89. The van der Waals surface area contributed by atoms with Crippen molar-refractivity contribution in [3.8, 4) is 0 Å². The summed E-state index contributed by atoms with van der Waals surface area (Å²) >= 11 is 0. The maximum absolute atomic E-state index is 12.4. The number of aromatic nitrogens is 2. The van der Waals surface area contributed by atoms with E-state index in [1.165, 1.54) is 16.7 Å². The predicted molar refractivity (Wildman–Crippen MR) is 82.2 cm³/mol. The van der Waals surface area contributed by atoms with Crippen LogP contribution in [0.15, 0.2) is 12.3 Å². The van der Waals surface area contributed by atoms with Crippen LogP contribution >= 0.6 is 0 Å². The molecule has 0 aromatic carbocycles. The van der Waals surface area contributed by atoms with Crippen LogP contribution in [0.4, 0.5) is 10.6 Å². The van der Waals surface area contributed by atoms with Crippen molar-refractivity contribution in [2.75, 3.05) is 25.5 Å². The molecule has 2 aliphatic rings. The lowest BCUT2D eigenvalue weighted by molar-refractivity contribution is -0.149. The Morgan fingerprint density at radius 2 is 2.29 bits per heavy atom. The van der Waals surface area contributed by atoms with Gasteiger partial charge in [-0.1, -0.05) is 6.42 Å². The van der Waals surface area contributed by atoms with Crippen molar-refractivity contribution in [2.45, 2.75) is 25.8 Å². The molecule has 2 N–H and O–H groups in total. The fourth-order valence-corrected chi connectivity index (χ4v) is 3.70. The Labute approximate surface area is 138 Å². The van der Waals surface area contributed by atoms with Crippen molar-refractivity contribution in [3.05, 3.63) is 12.3 Å². The number of fused-ring (bicyclic) bond motifs is 1. The Morgan fingerprint density at radius 3 is 2.96 bits per heavy atom. The summed E-state index contributed by atoms with van der Waals surface area (Å²) in [5.74, 6) is -0.933. The van der Waals surface area contributed by atoms with Crippen LogP contribution in [0.25, 0.3) is 0 Å². The first-order valence-electron chi connectivity index (χ1n) is 7.84. The summed E-state index contributed by atoms with van der Waals surface area (Å²) in [4.78, 5) is 36.8. The molecule has 9 nitrogen and oxygen atoms in total. The van der Waals surface area contributed by atoms with Gasteiger partial charge in [0.15, 0.2) is 5.82 Å². The Balaban J connectivity index is 1.62. The molecule has 0 unspecified atom stereocenters. The van der Waals surface area contributed by atoms with Gasteiger partial charge in [0, 0.05) is 25.4 Å². The van der Waals surface area contributed by atoms with Crippen molar-refractivity contribution < 1.29 is 24.2 Å². The highest BCUT2D eigenvalue weighted by atomic mass is 16.5. The van der Waals surface area contributed by atoms with Gasteiger partial charge < -0.3 is 14.7 Å². The Kier molecular flexibility index (Phi) is 4.16. The lowest BCUT2D eigenvalue weighted by Gasteiger charge is -2.23. The molecule has 2 fully saturated rings. The van der Waals surface area contributed by atoms with Gasteiger partial charge in [-0.05, 0) is 18.8 Å². The predicted octanol–water partition coefficient (Wildman–Crippen LogP) is 0.775. The minimum absolute atomic E-state index is 0.0117. The first-order valence-corrected chi connectivity index (χ1v) is 7.84. The van der Waals surface area contributed by atoms with E-state index in [4.69, 9.17) is 0 Å². The van der Waals surface area contributed by atoms with E-state index in [0.29, 0.717) is 18.8 Å². The standard InChI is InChI=1S/C15H20N4O5/c1-24-12(20)8-19-6-4-11(17-19)16-14(23)18-7-10-3-2-5-15(10,9-18)13(21)22/h4,6,10H,2-3,5,7-9H2,1H3,(H,21,22)(H,16,17,23)/t10-,15+/m0/s1. The number of carbonyl (C=O) groups excluding carboxylic acids is 2. The fourth-order valence-electron chi connectivity index (χ4n) is 3.70. The van der Waals surface area contributed by atoms with Crippen LogP contribution in [0.3, 0.4) is 0 Å². The maximum atomic E-state index is 12.4. The number of nitrogens with zero attached hydrogens (tertiary/aromatic N) is 3. The van der Waals surface area contributed by atoms with Gasteiger partial charge in [0.1, 0.15) is 6.54 Å². The molecule has 2 atom stereocenters. The van der Waals surface area contributed by atoms with E-state index in [1.807, 2.05) is 0 Å². The first-order chi connectivity index (χ1) is 11.4. The third-order valence-electron chi connectivity index (χ3n) is 4.98. The highest BCUT2D eigenvalue weighted by Gasteiger charge is 2.55. The number of methoxy groups -OCH3 is 1. The first kappa shape index (κ1) is 16.3. The number of carboxylic acid groups (broad SMARTS) is 1. The molecule has 1 saturated carbocycles. The van der Waals surface area contributed by atoms with Gasteiger partial charge in [0.2, 0.25) is 0 Å². The summed E-state index contributed by atoms with van der Waals surface area (Å²) in [6, 6.07) is 1.21. The van der Waals surface area contributed by atoms with Crippen molar-refractivity contribution in [1.29, 1.82) is 0 Å². The summed E-state index contributed by atoms with van der Waals surface area (Å²) in [6.07, 6.45) is 3.91. The quantitative estimate of drug-likeness (QED) is 0.785. The zero-order chi connectivity index (χ0) is 17.3. The largest absolute Gasteiger partial charge is 0.481 e. The number of urea groups is 1. The lowest BCUT2D eigenvalue weighted by atomic mass is 9.81. The van der Waals surface area contributed by atoms with Gasteiger partial charge in [0.05, 0.1) is 12.5 Å². The Hall–Kier alpha value is -2.58. The van der Waals surface area contributed by atoms with Crippen molar-refractivity contribution in [1.82, 2.24) is 14.7 Å². The number of aliphatic carboxylic acids is 1. The van der Waals surface area contributed by atoms with E-state index in [9.17, 15) is 19.5 Å². The van der Waals surface area contributed by atoms with Crippen LogP contribution in [0.2, 0.25) is 0 Å². The number of carboxylic acids is 1. The molecular formula is C15H20N4O5.